The number of carbonyl (C=O) groups excluding carboxylic acids is 1. The SMILES string of the molecule is CCOC=C1C(=O)N(C)c2c1c(=O)n(C)c(=O)n2C. The van der Waals surface area contributed by atoms with Crippen molar-refractivity contribution < 1.29 is 9.53 Å². The van der Waals surface area contributed by atoms with E-state index in [1.165, 1.54) is 36.9 Å². The number of aromatic nitrogens is 2. The van der Waals surface area contributed by atoms with Crippen LogP contribution >= 0.6 is 0 Å². The Balaban J connectivity index is 2.85. The normalized spacial score (nSPS) is 16.1. The van der Waals surface area contributed by atoms with Gasteiger partial charge in [0, 0.05) is 21.1 Å². The Bertz CT molecular complexity index is 696. The molecular formula is C12H15N3O4. The Morgan fingerprint density at radius 1 is 1.11 bits per heavy atom. The lowest BCUT2D eigenvalue weighted by Gasteiger charge is -2.13. The van der Waals surface area contributed by atoms with E-state index in [0.717, 1.165) is 4.57 Å². The molecule has 0 atom stereocenters. The van der Waals surface area contributed by atoms with Gasteiger partial charge in [-0.15, -0.1) is 0 Å². The molecule has 19 heavy (non-hydrogen) atoms. The van der Waals surface area contributed by atoms with E-state index in [4.69, 9.17) is 4.74 Å². The lowest BCUT2D eigenvalue weighted by atomic mass is 10.2. The van der Waals surface area contributed by atoms with Gasteiger partial charge in [0.25, 0.3) is 11.5 Å². The number of hydrogen-bond donors (Lipinski definition) is 0. The Kier molecular flexibility index (Phi) is 3.05. The third kappa shape index (κ3) is 1.69. The van der Waals surface area contributed by atoms with Crippen molar-refractivity contribution in [1.29, 1.82) is 0 Å². The van der Waals surface area contributed by atoms with Crippen LogP contribution in [0.15, 0.2) is 15.9 Å². The fourth-order valence-corrected chi connectivity index (χ4v) is 2.12. The molecule has 7 heteroatoms. The second kappa shape index (κ2) is 4.42. The van der Waals surface area contributed by atoms with Gasteiger partial charge < -0.3 is 4.74 Å². The Labute approximate surface area is 109 Å². The van der Waals surface area contributed by atoms with Crippen molar-refractivity contribution >= 4 is 17.3 Å². The van der Waals surface area contributed by atoms with Crippen LogP contribution in [0.3, 0.4) is 0 Å². The highest BCUT2D eigenvalue weighted by molar-refractivity contribution is 6.31. The third-order valence-corrected chi connectivity index (χ3v) is 3.12. The van der Waals surface area contributed by atoms with E-state index in [2.05, 4.69) is 0 Å². The minimum absolute atomic E-state index is 0.176. The molecule has 1 amide bonds. The molecule has 0 radical (unpaired) electrons. The van der Waals surface area contributed by atoms with Gasteiger partial charge in [-0.25, -0.2) is 4.79 Å². The average molecular weight is 265 g/mol. The van der Waals surface area contributed by atoms with Gasteiger partial charge in [0.05, 0.1) is 24.0 Å². The predicted octanol–water partition coefficient (Wildman–Crippen LogP) is -0.562. The number of ether oxygens (including phenoxy) is 1. The first-order valence-corrected chi connectivity index (χ1v) is 5.82. The van der Waals surface area contributed by atoms with E-state index >= 15 is 0 Å². The molecule has 1 aromatic rings. The van der Waals surface area contributed by atoms with Crippen LogP contribution in [0.1, 0.15) is 12.5 Å². The van der Waals surface area contributed by atoms with E-state index in [-0.39, 0.29) is 17.0 Å². The Morgan fingerprint density at radius 2 is 1.74 bits per heavy atom. The summed E-state index contributed by atoms with van der Waals surface area (Å²) in [6.45, 7) is 2.17. The molecule has 102 valence electrons. The van der Waals surface area contributed by atoms with Crippen molar-refractivity contribution in [2.45, 2.75) is 6.92 Å². The molecule has 1 aliphatic heterocycles. The fourth-order valence-electron chi connectivity index (χ4n) is 2.12. The number of nitrogens with zero attached hydrogens (tertiary/aromatic N) is 3. The standard InChI is InChI=1S/C12H15N3O4/c1-5-19-6-7-8-9(13(2)10(7)16)14(3)12(18)15(4)11(8)17/h6H,5H2,1-4H3. The quantitative estimate of drug-likeness (QED) is 0.530. The minimum atomic E-state index is -0.498. The summed E-state index contributed by atoms with van der Waals surface area (Å²) in [5, 5.41) is 0. The molecule has 0 spiro atoms. The summed E-state index contributed by atoms with van der Waals surface area (Å²) < 4.78 is 7.37. The maximum absolute atomic E-state index is 12.2. The van der Waals surface area contributed by atoms with Crippen LogP contribution in [0, 0.1) is 0 Å². The molecule has 0 saturated heterocycles. The molecule has 0 N–H and O–H groups in total. The molecule has 0 fully saturated rings. The monoisotopic (exact) mass is 265 g/mol. The second-order valence-electron chi connectivity index (χ2n) is 4.26. The maximum atomic E-state index is 12.2. The molecule has 0 aromatic carbocycles. The molecule has 0 unspecified atom stereocenters. The smallest absolute Gasteiger partial charge is 0.332 e. The number of hydrogen-bond acceptors (Lipinski definition) is 4. The average Bonchev–Trinajstić information content (AvgIpc) is 2.64. The van der Waals surface area contributed by atoms with E-state index in [1.54, 1.807) is 6.92 Å². The van der Waals surface area contributed by atoms with Crippen LogP contribution in [0.5, 0.6) is 0 Å². The summed E-state index contributed by atoms with van der Waals surface area (Å²) in [6, 6.07) is 0. The highest BCUT2D eigenvalue weighted by Gasteiger charge is 2.36. The van der Waals surface area contributed by atoms with Crippen LogP contribution < -0.4 is 16.1 Å². The van der Waals surface area contributed by atoms with Crippen molar-refractivity contribution in [3.8, 4) is 0 Å². The topological polar surface area (TPSA) is 73.5 Å². The summed E-state index contributed by atoms with van der Waals surface area (Å²) in [4.78, 5) is 37.4. The Hall–Kier alpha value is -2.31. The molecule has 1 aromatic heterocycles. The van der Waals surface area contributed by atoms with Crippen molar-refractivity contribution in [2.75, 3.05) is 18.6 Å². The second-order valence-corrected chi connectivity index (χ2v) is 4.26. The van der Waals surface area contributed by atoms with Crippen molar-refractivity contribution in [2.24, 2.45) is 14.1 Å². The molecule has 2 rings (SSSR count). The van der Waals surface area contributed by atoms with Crippen molar-refractivity contribution in [3.63, 3.8) is 0 Å². The van der Waals surface area contributed by atoms with Gasteiger partial charge in [0.2, 0.25) is 0 Å². The largest absolute Gasteiger partial charge is 0.501 e. The van der Waals surface area contributed by atoms with Gasteiger partial charge in [0.1, 0.15) is 5.82 Å². The summed E-state index contributed by atoms with van der Waals surface area (Å²) in [5.74, 6) is -0.0641. The molecule has 0 aliphatic carbocycles. The number of fused-ring (bicyclic) bond motifs is 1. The lowest BCUT2D eigenvalue weighted by Crippen LogP contribution is -2.39. The first kappa shape index (κ1) is 13.1. The zero-order chi connectivity index (χ0) is 14.3. The first-order valence-electron chi connectivity index (χ1n) is 5.82. The minimum Gasteiger partial charge on any atom is -0.501 e. The van der Waals surface area contributed by atoms with Crippen molar-refractivity contribution in [1.82, 2.24) is 9.13 Å². The lowest BCUT2D eigenvalue weighted by molar-refractivity contribution is -0.112. The fraction of sp³-hybridized carbons (Fsp3) is 0.417. The van der Waals surface area contributed by atoms with Gasteiger partial charge in [-0.3, -0.25) is 23.6 Å². The molecule has 1 aliphatic rings. The third-order valence-electron chi connectivity index (χ3n) is 3.12. The summed E-state index contributed by atoms with van der Waals surface area (Å²) >= 11 is 0. The number of rotatable bonds is 2. The molecule has 7 nitrogen and oxygen atoms in total. The molecular weight excluding hydrogens is 250 g/mol. The zero-order valence-corrected chi connectivity index (χ0v) is 11.3. The van der Waals surface area contributed by atoms with Gasteiger partial charge in [-0.1, -0.05) is 0 Å². The van der Waals surface area contributed by atoms with Crippen LogP contribution in [0.2, 0.25) is 0 Å². The number of likely N-dealkylation sites (N-methyl/N-ethyl adjacent to an activating group) is 1. The number of anilines is 1. The van der Waals surface area contributed by atoms with Crippen LogP contribution in [-0.4, -0.2) is 28.7 Å². The van der Waals surface area contributed by atoms with Gasteiger partial charge in [0.15, 0.2) is 0 Å². The van der Waals surface area contributed by atoms with E-state index in [9.17, 15) is 14.4 Å². The van der Waals surface area contributed by atoms with Crippen molar-refractivity contribution in [3.05, 3.63) is 32.7 Å². The van der Waals surface area contributed by atoms with Gasteiger partial charge >= 0.3 is 5.69 Å². The van der Waals surface area contributed by atoms with E-state index in [1.807, 2.05) is 0 Å². The van der Waals surface area contributed by atoms with E-state index in [0.29, 0.717) is 12.4 Å². The number of carbonyl (C=O) groups is 1. The molecule has 0 saturated carbocycles. The summed E-state index contributed by atoms with van der Waals surface area (Å²) in [7, 11) is 4.42. The number of amides is 1. The molecule has 2 heterocycles. The highest BCUT2D eigenvalue weighted by Crippen LogP contribution is 2.31. The van der Waals surface area contributed by atoms with Crippen LogP contribution in [0.4, 0.5) is 5.82 Å². The highest BCUT2D eigenvalue weighted by atomic mass is 16.5. The van der Waals surface area contributed by atoms with Gasteiger partial charge in [-0.05, 0) is 6.92 Å². The molecule has 0 bridgehead atoms. The maximum Gasteiger partial charge on any atom is 0.332 e. The first-order chi connectivity index (χ1) is 8.91. The Morgan fingerprint density at radius 3 is 2.32 bits per heavy atom. The van der Waals surface area contributed by atoms with Gasteiger partial charge in [-0.2, -0.15) is 0 Å². The summed E-state index contributed by atoms with van der Waals surface area (Å²) in [5.41, 5.74) is -0.594. The van der Waals surface area contributed by atoms with E-state index < -0.39 is 11.2 Å². The van der Waals surface area contributed by atoms with Crippen LogP contribution in [0.25, 0.3) is 5.57 Å². The van der Waals surface area contributed by atoms with Crippen LogP contribution in [-0.2, 0) is 23.6 Å². The zero-order valence-electron chi connectivity index (χ0n) is 11.3. The summed E-state index contributed by atoms with van der Waals surface area (Å²) in [6.07, 6.45) is 1.27. The predicted molar refractivity (Wildman–Crippen MR) is 69.9 cm³/mol.